The molecule has 0 saturated heterocycles. The van der Waals surface area contributed by atoms with Gasteiger partial charge in [0.15, 0.2) is 0 Å². The summed E-state index contributed by atoms with van der Waals surface area (Å²) >= 11 is 6.18. The predicted octanol–water partition coefficient (Wildman–Crippen LogP) is 2.92. The normalized spacial score (nSPS) is 12.7. The maximum Gasteiger partial charge on any atom is 0.146 e. The molecule has 0 aliphatic rings. The standard InChI is InChI=1S/C13H15ClN2O/c1-8-5-6-16-13-11(17-9(2)7-15)4-3-10(14)12(8)13/h3-6,9H,7,15H2,1-2H3. The summed E-state index contributed by atoms with van der Waals surface area (Å²) in [6.07, 6.45) is 1.72. The minimum atomic E-state index is -0.0401. The van der Waals surface area contributed by atoms with E-state index < -0.39 is 0 Å². The molecule has 1 heterocycles. The number of hydrogen-bond donors (Lipinski definition) is 1. The molecule has 1 aromatic heterocycles. The Morgan fingerprint density at radius 2 is 2.18 bits per heavy atom. The Kier molecular flexibility index (Phi) is 3.50. The number of ether oxygens (including phenoxy) is 1. The number of pyridine rings is 1. The van der Waals surface area contributed by atoms with Gasteiger partial charge in [-0.1, -0.05) is 11.6 Å². The van der Waals surface area contributed by atoms with Crippen LogP contribution in [0.15, 0.2) is 24.4 Å². The Bertz CT molecular complexity index is 534. The number of nitrogens with zero attached hydrogens (tertiary/aromatic N) is 1. The van der Waals surface area contributed by atoms with Crippen molar-refractivity contribution in [2.24, 2.45) is 5.73 Å². The lowest BCUT2D eigenvalue weighted by Crippen LogP contribution is -2.23. The number of nitrogens with two attached hydrogens (primary N) is 1. The van der Waals surface area contributed by atoms with Crippen LogP contribution in [0.3, 0.4) is 0 Å². The van der Waals surface area contributed by atoms with Crippen LogP contribution in [0.25, 0.3) is 10.9 Å². The second-order valence-corrected chi connectivity index (χ2v) is 4.47. The van der Waals surface area contributed by atoms with Gasteiger partial charge >= 0.3 is 0 Å². The van der Waals surface area contributed by atoms with Gasteiger partial charge in [0.05, 0.1) is 5.02 Å². The van der Waals surface area contributed by atoms with Crippen LogP contribution in [0.1, 0.15) is 12.5 Å². The van der Waals surface area contributed by atoms with Crippen molar-refractivity contribution in [3.05, 3.63) is 35.0 Å². The van der Waals surface area contributed by atoms with Crippen LogP contribution in [0.2, 0.25) is 5.02 Å². The molecule has 0 spiro atoms. The molecule has 1 unspecified atom stereocenters. The highest BCUT2D eigenvalue weighted by molar-refractivity contribution is 6.35. The smallest absolute Gasteiger partial charge is 0.146 e. The topological polar surface area (TPSA) is 48.1 Å². The highest BCUT2D eigenvalue weighted by atomic mass is 35.5. The van der Waals surface area contributed by atoms with Gasteiger partial charge in [-0.2, -0.15) is 0 Å². The van der Waals surface area contributed by atoms with Gasteiger partial charge < -0.3 is 10.5 Å². The van der Waals surface area contributed by atoms with E-state index in [-0.39, 0.29) is 6.10 Å². The van der Waals surface area contributed by atoms with Crippen LogP contribution in [0, 0.1) is 6.92 Å². The fourth-order valence-electron chi connectivity index (χ4n) is 1.72. The molecule has 0 aliphatic heterocycles. The molecule has 17 heavy (non-hydrogen) atoms. The zero-order valence-corrected chi connectivity index (χ0v) is 10.7. The Hall–Kier alpha value is -1.32. The second-order valence-electron chi connectivity index (χ2n) is 4.06. The molecule has 0 amide bonds. The highest BCUT2D eigenvalue weighted by Gasteiger charge is 2.11. The van der Waals surface area contributed by atoms with Crippen molar-refractivity contribution in [1.82, 2.24) is 4.98 Å². The van der Waals surface area contributed by atoms with E-state index in [4.69, 9.17) is 22.1 Å². The van der Waals surface area contributed by atoms with Crippen LogP contribution in [-0.2, 0) is 0 Å². The quantitative estimate of drug-likeness (QED) is 0.911. The molecular weight excluding hydrogens is 236 g/mol. The monoisotopic (exact) mass is 250 g/mol. The van der Waals surface area contributed by atoms with Gasteiger partial charge in [-0.15, -0.1) is 0 Å². The minimum Gasteiger partial charge on any atom is -0.487 e. The predicted molar refractivity (Wildman–Crippen MR) is 70.6 cm³/mol. The van der Waals surface area contributed by atoms with Crippen molar-refractivity contribution in [3.8, 4) is 5.75 Å². The summed E-state index contributed by atoms with van der Waals surface area (Å²) < 4.78 is 5.74. The first-order valence-corrected chi connectivity index (χ1v) is 5.92. The molecule has 0 radical (unpaired) electrons. The lowest BCUT2D eigenvalue weighted by molar-refractivity contribution is 0.232. The van der Waals surface area contributed by atoms with Crippen LogP contribution in [-0.4, -0.2) is 17.6 Å². The van der Waals surface area contributed by atoms with Crippen molar-refractivity contribution < 1.29 is 4.74 Å². The zero-order chi connectivity index (χ0) is 12.4. The van der Waals surface area contributed by atoms with Crippen LogP contribution >= 0.6 is 11.6 Å². The van der Waals surface area contributed by atoms with Crippen LogP contribution in [0.5, 0.6) is 5.75 Å². The van der Waals surface area contributed by atoms with Gasteiger partial charge in [0, 0.05) is 18.1 Å². The Morgan fingerprint density at radius 1 is 1.41 bits per heavy atom. The molecule has 3 nitrogen and oxygen atoms in total. The van der Waals surface area contributed by atoms with E-state index in [1.807, 2.05) is 32.0 Å². The highest BCUT2D eigenvalue weighted by Crippen LogP contribution is 2.32. The molecule has 0 fully saturated rings. The SMILES string of the molecule is Cc1ccnc2c(OC(C)CN)ccc(Cl)c12. The minimum absolute atomic E-state index is 0.0401. The fraction of sp³-hybridized carbons (Fsp3) is 0.308. The molecule has 0 aliphatic carbocycles. The molecule has 0 saturated carbocycles. The van der Waals surface area contributed by atoms with E-state index in [1.54, 1.807) is 6.20 Å². The molecule has 90 valence electrons. The van der Waals surface area contributed by atoms with Crippen molar-refractivity contribution in [3.63, 3.8) is 0 Å². The summed E-state index contributed by atoms with van der Waals surface area (Å²) in [5.74, 6) is 0.728. The van der Waals surface area contributed by atoms with Gasteiger partial charge in [0.25, 0.3) is 0 Å². The van der Waals surface area contributed by atoms with E-state index in [1.165, 1.54) is 0 Å². The van der Waals surface area contributed by atoms with E-state index >= 15 is 0 Å². The van der Waals surface area contributed by atoms with Gasteiger partial charge in [-0.25, -0.2) is 0 Å². The first-order valence-electron chi connectivity index (χ1n) is 5.54. The second kappa shape index (κ2) is 4.90. The molecule has 2 aromatic rings. The average molecular weight is 251 g/mol. The number of benzene rings is 1. The molecule has 2 N–H and O–H groups in total. The summed E-state index contributed by atoms with van der Waals surface area (Å²) in [4.78, 5) is 4.34. The average Bonchev–Trinajstić information content (AvgIpc) is 2.32. The van der Waals surface area contributed by atoms with Gasteiger partial charge in [-0.3, -0.25) is 4.98 Å². The third kappa shape index (κ3) is 2.35. The molecular formula is C13H15ClN2O. The van der Waals surface area contributed by atoms with Crippen molar-refractivity contribution >= 4 is 22.5 Å². The van der Waals surface area contributed by atoms with Gasteiger partial charge in [0.2, 0.25) is 0 Å². The number of aryl methyl sites for hydroxylation is 1. The molecule has 2 rings (SSSR count). The van der Waals surface area contributed by atoms with Crippen molar-refractivity contribution in [1.29, 1.82) is 0 Å². The van der Waals surface area contributed by atoms with Gasteiger partial charge in [0.1, 0.15) is 17.4 Å². The van der Waals surface area contributed by atoms with Crippen LogP contribution in [0.4, 0.5) is 0 Å². The summed E-state index contributed by atoms with van der Waals surface area (Å²) in [5.41, 5.74) is 7.43. The third-order valence-corrected chi connectivity index (χ3v) is 2.99. The number of aromatic nitrogens is 1. The molecule has 0 bridgehead atoms. The lowest BCUT2D eigenvalue weighted by atomic mass is 10.1. The largest absolute Gasteiger partial charge is 0.487 e. The van der Waals surface area contributed by atoms with E-state index in [0.717, 1.165) is 22.2 Å². The Labute approximate surface area is 106 Å². The van der Waals surface area contributed by atoms with Crippen molar-refractivity contribution in [2.45, 2.75) is 20.0 Å². The summed E-state index contributed by atoms with van der Waals surface area (Å²) in [5, 5.41) is 1.63. The zero-order valence-electron chi connectivity index (χ0n) is 9.90. The van der Waals surface area contributed by atoms with E-state index in [0.29, 0.717) is 11.6 Å². The molecule has 1 aromatic carbocycles. The summed E-state index contributed by atoms with van der Waals surface area (Å²) in [6, 6.07) is 5.60. The van der Waals surface area contributed by atoms with E-state index in [9.17, 15) is 0 Å². The third-order valence-electron chi connectivity index (χ3n) is 2.67. The maximum absolute atomic E-state index is 6.18. The maximum atomic E-state index is 6.18. The number of rotatable bonds is 3. The summed E-state index contributed by atoms with van der Waals surface area (Å²) in [6.45, 7) is 4.40. The lowest BCUT2D eigenvalue weighted by Gasteiger charge is -2.15. The number of fused-ring (bicyclic) bond motifs is 1. The van der Waals surface area contributed by atoms with Crippen LogP contribution < -0.4 is 10.5 Å². The first kappa shape index (κ1) is 12.1. The molecule has 4 heteroatoms. The molecule has 1 atom stereocenters. The summed E-state index contributed by atoms with van der Waals surface area (Å²) in [7, 11) is 0. The first-order chi connectivity index (χ1) is 8.13. The van der Waals surface area contributed by atoms with Crippen molar-refractivity contribution in [2.75, 3.05) is 6.54 Å². The Morgan fingerprint density at radius 3 is 2.88 bits per heavy atom. The van der Waals surface area contributed by atoms with Gasteiger partial charge in [-0.05, 0) is 37.6 Å². The number of hydrogen-bond acceptors (Lipinski definition) is 3. The fourth-order valence-corrected chi connectivity index (χ4v) is 2.02. The number of halogens is 1. The Balaban J connectivity index is 2.58. The van der Waals surface area contributed by atoms with E-state index in [2.05, 4.69) is 4.98 Å².